The number of piperidine rings is 2. The Balaban J connectivity index is 1.28. The number of pyridine rings is 1. The Labute approximate surface area is 185 Å². The molecule has 1 atom stereocenters. The third kappa shape index (κ3) is 5.58. The van der Waals surface area contributed by atoms with E-state index in [0.29, 0.717) is 12.6 Å². The number of rotatable bonds is 6. The molecule has 166 valence electrons. The van der Waals surface area contributed by atoms with Crippen LogP contribution in [0.3, 0.4) is 0 Å². The van der Waals surface area contributed by atoms with E-state index < -0.39 is 0 Å². The van der Waals surface area contributed by atoms with Crippen LogP contribution in [0, 0.1) is 12.8 Å². The molecule has 31 heavy (non-hydrogen) atoms. The van der Waals surface area contributed by atoms with Crippen LogP contribution in [0.15, 0.2) is 30.5 Å². The highest BCUT2D eigenvalue weighted by atomic mass is 16.1. The van der Waals surface area contributed by atoms with Gasteiger partial charge in [0, 0.05) is 43.6 Å². The Morgan fingerprint density at radius 3 is 2.71 bits per heavy atom. The smallest absolute Gasteiger partial charge is 0.224 e. The lowest BCUT2D eigenvalue weighted by atomic mass is 9.93. The second-order valence-corrected chi connectivity index (χ2v) is 8.71. The molecule has 0 saturated carbocycles. The SMILES string of the molecule is CCc1cc(N2CCC(N3CCC[C@@H](C(=O)NCc4ccccn4)C3)CC2)nc(C)n1. The van der Waals surface area contributed by atoms with Gasteiger partial charge in [-0.25, -0.2) is 9.97 Å². The average Bonchev–Trinajstić information content (AvgIpc) is 2.83. The summed E-state index contributed by atoms with van der Waals surface area (Å²) < 4.78 is 0. The van der Waals surface area contributed by atoms with E-state index in [1.165, 1.54) is 0 Å². The van der Waals surface area contributed by atoms with Gasteiger partial charge in [0.15, 0.2) is 0 Å². The molecule has 1 N–H and O–H groups in total. The molecular formula is C24H34N6O. The van der Waals surface area contributed by atoms with Crippen molar-refractivity contribution >= 4 is 11.7 Å². The van der Waals surface area contributed by atoms with Crippen molar-refractivity contribution in [2.75, 3.05) is 31.1 Å². The molecule has 0 aliphatic carbocycles. The fourth-order valence-corrected chi connectivity index (χ4v) is 4.79. The Kier molecular flexibility index (Phi) is 7.12. The minimum Gasteiger partial charge on any atom is -0.356 e. The highest BCUT2D eigenvalue weighted by molar-refractivity contribution is 5.78. The number of hydrogen-bond acceptors (Lipinski definition) is 6. The number of hydrogen-bond donors (Lipinski definition) is 1. The molecule has 0 aromatic carbocycles. The molecular weight excluding hydrogens is 388 g/mol. The molecule has 2 aromatic heterocycles. The molecule has 0 spiro atoms. The van der Waals surface area contributed by atoms with E-state index in [9.17, 15) is 4.79 Å². The molecule has 2 aliphatic rings. The predicted molar refractivity (Wildman–Crippen MR) is 122 cm³/mol. The second kappa shape index (κ2) is 10.2. The van der Waals surface area contributed by atoms with Crippen LogP contribution < -0.4 is 10.2 Å². The van der Waals surface area contributed by atoms with Crippen LogP contribution in [0.1, 0.15) is 49.8 Å². The predicted octanol–water partition coefficient (Wildman–Crippen LogP) is 2.74. The van der Waals surface area contributed by atoms with Gasteiger partial charge >= 0.3 is 0 Å². The summed E-state index contributed by atoms with van der Waals surface area (Å²) in [5, 5.41) is 3.09. The number of aryl methyl sites for hydroxylation is 2. The normalized spacial score (nSPS) is 20.6. The molecule has 0 unspecified atom stereocenters. The summed E-state index contributed by atoms with van der Waals surface area (Å²) in [6.07, 6.45) is 7.00. The Bertz CT molecular complexity index is 866. The highest BCUT2D eigenvalue weighted by Gasteiger charge is 2.32. The number of anilines is 1. The molecule has 7 nitrogen and oxygen atoms in total. The van der Waals surface area contributed by atoms with E-state index in [2.05, 4.69) is 43.1 Å². The van der Waals surface area contributed by atoms with Crippen LogP contribution in [0.25, 0.3) is 0 Å². The van der Waals surface area contributed by atoms with Gasteiger partial charge < -0.3 is 10.2 Å². The molecule has 4 heterocycles. The first-order valence-electron chi connectivity index (χ1n) is 11.6. The van der Waals surface area contributed by atoms with E-state index in [4.69, 9.17) is 0 Å². The standard InChI is InChI=1S/C24H34N6O/c1-3-20-15-23(28-18(2)27-20)29-13-9-22(10-14-29)30-12-6-7-19(17-30)24(31)26-16-21-8-4-5-11-25-21/h4-5,8,11,15,19,22H,3,6-7,9-10,12-14,16-17H2,1-2H3,(H,26,31)/t19-/m1/s1. The van der Waals surface area contributed by atoms with E-state index >= 15 is 0 Å². The number of carbonyl (C=O) groups excluding carboxylic acids is 1. The lowest BCUT2D eigenvalue weighted by Crippen LogP contribution is -2.51. The number of likely N-dealkylation sites (tertiary alicyclic amines) is 1. The van der Waals surface area contributed by atoms with Crippen molar-refractivity contribution in [2.24, 2.45) is 5.92 Å². The average molecular weight is 423 g/mol. The number of aromatic nitrogens is 3. The first-order chi connectivity index (χ1) is 15.1. The van der Waals surface area contributed by atoms with Gasteiger partial charge in [0.25, 0.3) is 0 Å². The first-order valence-corrected chi connectivity index (χ1v) is 11.6. The van der Waals surface area contributed by atoms with E-state index in [1.807, 2.05) is 25.1 Å². The maximum Gasteiger partial charge on any atom is 0.224 e. The van der Waals surface area contributed by atoms with Crippen molar-refractivity contribution in [3.05, 3.63) is 47.7 Å². The van der Waals surface area contributed by atoms with Gasteiger partial charge in [-0.05, 0) is 57.7 Å². The van der Waals surface area contributed by atoms with Crippen molar-refractivity contribution < 1.29 is 4.79 Å². The van der Waals surface area contributed by atoms with Crippen molar-refractivity contribution in [1.29, 1.82) is 0 Å². The zero-order valence-corrected chi connectivity index (χ0v) is 18.8. The number of nitrogens with one attached hydrogen (secondary N) is 1. The number of nitrogens with zero attached hydrogens (tertiary/aromatic N) is 5. The van der Waals surface area contributed by atoms with Crippen LogP contribution in [-0.2, 0) is 17.8 Å². The molecule has 2 saturated heterocycles. The molecule has 0 bridgehead atoms. The summed E-state index contributed by atoms with van der Waals surface area (Å²) in [4.78, 5) is 31.2. The van der Waals surface area contributed by atoms with Gasteiger partial charge in [-0.2, -0.15) is 0 Å². The molecule has 0 radical (unpaired) electrons. The van der Waals surface area contributed by atoms with Crippen LogP contribution in [0.5, 0.6) is 0 Å². The molecule has 2 aliphatic heterocycles. The second-order valence-electron chi connectivity index (χ2n) is 8.71. The van der Waals surface area contributed by atoms with Crippen LogP contribution in [0.2, 0.25) is 0 Å². The minimum atomic E-state index is 0.0760. The fourth-order valence-electron chi connectivity index (χ4n) is 4.79. The summed E-state index contributed by atoms with van der Waals surface area (Å²) in [6.45, 7) is 8.60. The van der Waals surface area contributed by atoms with Gasteiger partial charge in [0.2, 0.25) is 5.91 Å². The summed E-state index contributed by atoms with van der Waals surface area (Å²) >= 11 is 0. The Hall–Kier alpha value is -2.54. The topological polar surface area (TPSA) is 74.2 Å². The number of carbonyl (C=O) groups is 1. The van der Waals surface area contributed by atoms with E-state index in [1.54, 1.807) is 6.20 Å². The van der Waals surface area contributed by atoms with Crippen LogP contribution in [-0.4, -0.2) is 58.0 Å². The summed E-state index contributed by atoms with van der Waals surface area (Å²) in [6, 6.07) is 8.48. The van der Waals surface area contributed by atoms with Gasteiger partial charge in [-0.3, -0.25) is 14.7 Å². The maximum atomic E-state index is 12.7. The van der Waals surface area contributed by atoms with Crippen LogP contribution in [0.4, 0.5) is 5.82 Å². The zero-order valence-electron chi connectivity index (χ0n) is 18.8. The molecule has 4 rings (SSSR count). The zero-order chi connectivity index (χ0) is 21.6. The molecule has 2 fully saturated rings. The van der Waals surface area contributed by atoms with Crippen LogP contribution >= 0.6 is 0 Å². The summed E-state index contributed by atoms with van der Waals surface area (Å²) in [5.41, 5.74) is 2.02. The number of amides is 1. The summed E-state index contributed by atoms with van der Waals surface area (Å²) in [7, 11) is 0. The van der Waals surface area contributed by atoms with Crippen molar-refractivity contribution in [3.63, 3.8) is 0 Å². The van der Waals surface area contributed by atoms with E-state index in [-0.39, 0.29) is 11.8 Å². The Morgan fingerprint density at radius 1 is 1.13 bits per heavy atom. The summed E-state index contributed by atoms with van der Waals surface area (Å²) in [5.74, 6) is 2.16. The van der Waals surface area contributed by atoms with Crippen molar-refractivity contribution in [3.8, 4) is 0 Å². The fraction of sp³-hybridized carbons (Fsp3) is 0.583. The minimum absolute atomic E-state index is 0.0760. The molecule has 2 aromatic rings. The Morgan fingerprint density at radius 2 is 1.97 bits per heavy atom. The third-order valence-electron chi connectivity index (χ3n) is 6.54. The largest absolute Gasteiger partial charge is 0.356 e. The maximum absolute atomic E-state index is 12.7. The molecule has 1 amide bonds. The van der Waals surface area contributed by atoms with Gasteiger partial charge in [0.1, 0.15) is 11.6 Å². The third-order valence-corrected chi connectivity index (χ3v) is 6.54. The lowest BCUT2D eigenvalue weighted by Gasteiger charge is -2.42. The quantitative estimate of drug-likeness (QED) is 0.772. The van der Waals surface area contributed by atoms with E-state index in [0.717, 1.165) is 81.3 Å². The monoisotopic (exact) mass is 422 g/mol. The van der Waals surface area contributed by atoms with Crippen molar-refractivity contribution in [2.45, 2.75) is 58.5 Å². The van der Waals surface area contributed by atoms with Gasteiger partial charge in [-0.15, -0.1) is 0 Å². The van der Waals surface area contributed by atoms with Gasteiger partial charge in [0.05, 0.1) is 18.2 Å². The first kappa shape index (κ1) is 21.7. The van der Waals surface area contributed by atoms with Crippen molar-refractivity contribution in [1.82, 2.24) is 25.2 Å². The van der Waals surface area contributed by atoms with Gasteiger partial charge in [-0.1, -0.05) is 13.0 Å². The molecule has 7 heteroatoms. The highest BCUT2D eigenvalue weighted by Crippen LogP contribution is 2.26. The lowest BCUT2D eigenvalue weighted by molar-refractivity contribution is -0.127.